The maximum Gasteiger partial charge on any atom is 0.410 e. The molecule has 0 atom stereocenters. The first-order chi connectivity index (χ1) is 7.33. The summed E-state index contributed by atoms with van der Waals surface area (Å²) in [6.45, 7) is 6.17. The van der Waals surface area contributed by atoms with Crippen LogP contribution in [-0.4, -0.2) is 42.7 Å². The highest BCUT2D eigenvalue weighted by Gasteiger charge is 2.37. The van der Waals surface area contributed by atoms with Crippen molar-refractivity contribution in [2.45, 2.75) is 26.4 Å². The highest BCUT2D eigenvalue weighted by atomic mass is 16.6. The molecule has 1 saturated heterocycles. The number of likely N-dealkylation sites (tertiary alicyclic amines) is 1. The fraction of sp³-hybridized carbons (Fsp3) is 0.800. The van der Waals surface area contributed by atoms with Gasteiger partial charge in [-0.1, -0.05) is 0 Å². The number of nitrogens with one attached hydrogen (secondary N) is 1. The summed E-state index contributed by atoms with van der Waals surface area (Å²) in [5.41, 5.74) is 1.73. The molecule has 0 aromatic carbocycles. The van der Waals surface area contributed by atoms with Crippen molar-refractivity contribution in [2.24, 2.45) is 5.92 Å². The zero-order chi connectivity index (χ0) is 12.3. The molecule has 0 bridgehead atoms. The molecule has 16 heavy (non-hydrogen) atoms. The van der Waals surface area contributed by atoms with Gasteiger partial charge >= 0.3 is 6.09 Å². The number of carbonyl (C=O) groups is 2. The van der Waals surface area contributed by atoms with Gasteiger partial charge in [0.15, 0.2) is 0 Å². The molecule has 0 radical (unpaired) electrons. The van der Waals surface area contributed by atoms with E-state index in [1.807, 2.05) is 0 Å². The summed E-state index contributed by atoms with van der Waals surface area (Å²) >= 11 is 0. The van der Waals surface area contributed by atoms with E-state index in [0.717, 1.165) is 0 Å². The van der Waals surface area contributed by atoms with Crippen molar-refractivity contribution in [3.05, 3.63) is 0 Å². The largest absolute Gasteiger partial charge is 0.444 e. The van der Waals surface area contributed by atoms with E-state index in [2.05, 4.69) is 10.3 Å². The number of carbonyl (C=O) groups excluding carboxylic acids is 2. The minimum atomic E-state index is -0.503. The summed E-state index contributed by atoms with van der Waals surface area (Å²) < 4.78 is 5.15. The summed E-state index contributed by atoms with van der Waals surface area (Å²) in [5, 5.41) is 0. The SMILES string of the molecule is CONC(=O)C1CN(C(=O)OC(C)(C)C)C1. The van der Waals surface area contributed by atoms with Crippen LogP contribution in [0.3, 0.4) is 0 Å². The van der Waals surface area contributed by atoms with Gasteiger partial charge in [-0.2, -0.15) is 0 Å². The zero-order valence-corrected chi connectivity index (χ0v) is 10.1. The Bertz CT molecular complexity index is 279. The first-order valence-corrected chi connectivity index (χ1v) is 5.14. The van der Waals surface area contributed by atoms with Crippen molar-refractivity contribution in [3.8, 4) is 0 Å². The highest BCUT2D eigenvalue weighted by molar-refractivity contribution is 5.81. The molecule has 0 unspecified atom stereocenters. The Balaban J connectivity index is 2.30. The molecule has 6 heteroatoms. The number of hydroxylamine groups is 1. The summed E-state index contributed by atoms with van der Waals surface area (Å²) in [7, 11) is 1.38. The van der Waals surface area contributed by atoms with Gasteiger partial charge in [-0.25, -0.2) is 10.3 Å². The topological polar surface area (TPSA) is 67.9 Å². The molecule has 0 aromatic heterocycles. The van der Waals surface area contributed by atoms with E-state index < -0.39 is 5.60 Å². The molecule has 1 rings (SSSR count). The van der Waals surface area contributed by atoms with Gasteiger partial charge in [0.25, 0.3) is 0 Å². The fourth-order valence-electron chi connectivity index (χ4n) is 1.30. The van der Waals surface area contributed by atoms with Crippen LogP contribution in [0.5, 0.6) is 0 Å². The van der Waals surface area contributed by atoms with E-state index in [-0.39, 0.29) is 17.9 Å². The van der Waals surface area contributed by atoms with E-state index in [4.69, 9.17) is 4.74 Å². The molecule has 2 amide bonds. The molecule has 6 nitrogen and oxygen atoms in total. The average Bonchev–Trinajstić information content (AvgIpc) is 1.97. The standard InChI is InChI=1S/C10H18N2O4/c1-10(2,3)16-9(14)12-5-7(6-12)8(13)11-15-4/h7H,5-6H2,1-4H3,(H,11,13). The lowest BCUT2D eigenvalue weighted by molar-refractivity contribution is -0.140. The van der Waals surface area contributed by atoms with Crippen LogP contribution in [0.2, 0.25) is 0 Å². The second-order valence-corrected chi connectivity index (χ2v) is 4.75. The smallest absolute Gasteiger partial charge is 0.410 e. The third kappa shape index (κ3) is 3.37. The second-order valence-electron chi connectivity index (χ2n) is 4.75. The van der Waals surface area contributed by atoms with Gasteiger partial charge < -0.3 is 9.64 Å². The van der Waals surface area contributed by atoms with E-state index in [1.54, 1.807) is 20.8 Å². The van der Waals surface area contributed by atoms with Crippen molar-refractivity contribution >= 4 is 12.0 Å². The van der Waals surface area contributed by atoms with E-state index >= 15 is 0 Å². The summed E-state index contributed by atoms with van der Waals surface area (Å²) in [4.78, 5) is 28.8. The Kier molecular flexibility index (Phi) is 3.74. The van der Waals surface area contributed by atoms with Crippen LogP contribution in [0, 0.1) is 5.92 Å². The molecule has 1 fully saturated rings. The Hall–Kier alpha value is -1.30. The minimum absolute atomic E-state index is 0.201. The van der Waals surface area contributed by atoms with Crippen LogP contribution in [-0.2, 0) is 14.4 Å². The molecule has 1 N–H and O–H groups in total. The first kappa shape index (κ1) is 12.8. The van der Waals surface area contributed by atoms with Crippen molar-refractivity contribution in [2.75, 3.05) is 20.2 Å². The van der Waals surface area contributed by atoms with Crippen LogP contribution in [0.15, 0.2) is 0 Å². The number of ether oxygens (including phenoxy) is 1. The van der Waals surface area contributed by atoms with Crippen LogP contribution in [0.25, 0.3) is 0 Å². The van der Waals surface area contributed by atoms with Crippen LogP contribution in [0.4, 0.5) is 4.79 Å². The summed E-state index contributed by atoms with van der Waals surface area (Å²) in [6.07, 6.45) is -0.381. The molecule has 1 aliphatic heterocycles. The molecular formula is C10H18N2O4. The molecule has 0 saturated carbocycles. The lowest BCUT2D eigenvalue weighted by Gasteiger charge is -2.38. The normalized spacial score (nSPS) is 16.6. The fourth-order valence-corrected chi connectivity index (χ4v) is 1.30. The maximum atomic E-state index is 11.5. The van der Waals surface area contributed by atoms with Crippen molar-refractivity contribution in [1.82, 2.24) is 10.4 Å². The Morgan fingerprint density at radius 2 is 1.88 bits per heavy atom. The number of hydrogen-bond donors (Lipinski definition) is 1. The molecular weight excluding hydrogens is 212 g/mol. The van der Waals surface area contributed by atoms with E-state index in [9.17, 15) is 9.59 Å². The minimum Gasteiger partial charge on any atom is -0.444 e. The molecule has 0 aromatic rings. The number of amides is 2. The third-order valence-electron chi connectivity index (χ3n) is 2.11. The first-order valence-electron chi connectivity index (χ1n) is 5.14. The second kappa shape index (κ2) is 4.69. The lowest BCUT2D eigenvalue weighted by Crippen LogP contribution is -2.56. The predicted octanol–water partition coefficient (Wildman–Crippen LogP) is 0.531. The highest BCUT2D eigenvalue weighted by Crippen LogP contribution is 2.19. The van der Waals surface area contributed by atoms with Gasteiger partial charge in [-0.3, -0.25) is 9.63 Å². The zero-order valence-electron chi connectivity index (χ0n) is 10.1. The van der Waals surface area contributed by atoms with Gasteiger partial charge in [-0.05, 0) is 20.8 Å². The van der Waals surface area contributed by atoms with Crippen LogP contribution in [0.1, 0.15) is 20.8 Å². The maximum absolute atomic E-state index is 11.5. The van der Waals surface area contributed by atoms with Gasteiger partial charge in [0, 0.05) is 13.1 Å². The Morgan fingerprint density at radius 3 is 2.31 bits per heavy atom. The lowest BCUT2D eigenvalue weighted by atomic mass is 10.0. The van der Waals surface area contributed by atoms with Gasteiger partial charge in [0.1, 0.15) is 5.60 Å². The molecule has 1 heterocycles. The molecule has 0 aliphatic carbocycles. The molecule has 0 spiro atoms. The van der Waals surface area contributed by atoms with Crippen molar-refractivity contribution in [3.63, 3.8) is 0 Å². The van der Waals surface area contributed by atoms with Crippen molar-refractivity contribution < 1.29 is 19.2 Å². The van der Waals surface area contributed by atoms with Crippen LogP contribution >= 0.6 is 0 Å². The molecule has 1 aliphatic rings. The number of hydrogen-bond acceptors (Lipinski definition) is 4. The Labute approximate surface area is 94.8 Å². The predicted molar refractivity (Wildman–Crippen MR) is 56.4 cm³/mol. The van der Waals surface area contributed by atoms with Gasteiger partial charge in [0.2, 0.25) is 5.91 Å². The van der Waals surface area contributed by atoms with E-state index in [0.29, 0.717) is 13.1 Å². The quantitative estimate of drug-likeness (QED) is 0.703. The number of rotatable bonds is 2. The summed E-state index contributed by atoms with van der Waals surface area (Å²) in [6, 6.07) is 0. The van der Waals surface area contributed by atoms with E-state index in [1.165, 1.54) is 12.0 Å². The monoisotopic (exact) mass is 230 g/mol. The average molecular weight is 230 g/mol. The summed E-state index contributed by atoms with van der Waals surface area (Å²) in [5.74, 6) is -0.408. The Morgan fingerprint density at radius 1 is 1.31 bits per heavy atom. The van der Waals surface area contributed by atoms with Crippen LogP contribution < -0.4 is 5.48 Å². The molecule has 92 valence electrons. The van der Waals surface area contributed by atoms with Gasteiger partial charge in [0.05, 0.1) is 13.0 Å². The number of nitrogens with zero attached hydrogens (tertiary/aromatic N) is 1. The van der Waals surface area contributed by atoms with Crippen molar-refractivity contribution in [1.29, 1.82) is 0 Å². The third-order valence-corrected chi connectivity index (χ3v) is 2.11. The van der Waals surface area contributed by atoms with Gasteiger partial charge in [-0.15, -0.1) is 0 Å².